The van der Waals surface area contributed by atoms with Gasteiger partial charge in [-0.1, -0.05) is 26.0 Å². The third-order valence-corrected chi connectivity index (χ3v) is 10.0. The van der Waals surface area contributed by atoms with Gasteiger partial charge in [-0.25, -0.2) is 0 Å². The molecule has 3 heterocycles. The van der Waals surface area contributed by atoms with E-state index in [0.29, 0.717) is 24.3 Å². The number of hydrogen-bond donors (Lipinski definition) is 1. The Morgan fingerprint density at radius 3 is 2.55 bits per heavy atom. The maximum atomic E-state index is 14.5. The van der Waals surface area contributed by atoms with Gasteiger partial charge in [0, 0.05) is 17.5 Å². The number of nitrogens with zero attached hydrogens (tertiary/aromatic N) is 2. The molecular formula is C29H38N2O6S. The lowest BCUT2D eigenvalue weighted by Gasteiger charge is -2.40. The molecule has 0 aromatic heterocycles. The molecule has 2 unspecified atom stereocenters. The largest absolute Gasteiger partial charge is 0.497 e. The number of rotatable bonds is 12. The van der Waals surface area contributed by atoms with Crippen molar-refractivity contribution in [3.05, 3.63) is 49.6 Å². The predicted molar refractivity (Wildman–Crippen MR) is 148 cm³/mol. The second-order valence-electron chi connectivity index (χ2n) is 10.5. The summed E-state index contributed by atoms with van der Waals surface area (Å²) in [6, 6.07) is 5.79. The van der Waals surface area contributed by atoms with Gasteiger partial charge in [-0.2, -0.15) is 0 Å². The first-order valence-corrected chi connectivity index (χ1v) is 14.1. The van der Waals surface area contributed by atoms with Crippen LogP contribution >= 0.6 is 11.8 Å². The van der Waals surface area contributed by atoms with Crippen molar-refractivity contribution < 1.29 is 29.0 Å². The van der Waals surface area contributed by atoms with Crippen LogP contribution in [0.4, 0.5) is 5.69 Å². The Hall–Kier alpha value is -2.78. The molecule has 3 saturated heterocycles. The standard InChI is InChI=1S/C29H38N2O6S/c1-6-8-16-37-28(35)23-22-13-14-29(38-22)24(23)26(33)31(21(17-32)18(3)4)25(29)27(34)30(15-7-2)19-9-11-20(36-5)12-10-19/h6-7,9-12,18,21-25,32H,1-2,8,13-17H2,3-5H3/t21-,22+,23-,24-,25?,29?/m0/s1. The average molecular weight is 543 g/mol. The molecule has 9 heteroatoms. The number of hydrogen-bond acceptors (Lipinski definition) is 7. The van der Waals surface area contributed by atoms with E-state index in [1.807, 2.05) is 26.0 Å². The van der Waals surface area contributed by atoms with Gasteiger partial charge in [-0.05, 0) is 49.4 Å². The van der Waals surface area contributed by atoms with E-state index in [-0.39, 0.29) is 48.7 Å². The van der Waals surface area contributed by atoms with E-state index in [1.165, 1.54) is 0 Å². The number of fused-ring (bicyclic) bond motifs is 1. The number of ether oxygens (including phenoxy) is 2. The van der Waals surface area contributed by atoms with Crippen molar-refractivity contribution in [2.24, 2.45) is 17.8 Å². The average Bonchev–Trinajstić information content (AvgIpc) is 3.55. The minimum atomic E-state index is -0.831. The van der Waals surface area contributed by atoms with E-state index < -0.39 is 28.7 Å². The van der Waals surface area contributed by atoms with E-state index in [9.17, 15) is 19.5 Å². The molecule has 6 atom stereocenters. The van der Waals surface area contributed by atoms with Crippen LogP contribution in [-0.4, -0.2) is 76.7 Å². The number of aliphatic hydroxyl groups excluding tert-OH is 1. The summed E-state index contributed by atoms with van der Waals surface area (Å²) < 4.78 is 10.1. The van der Waals surface area contributed by atoms with Gasteiger partial charge >= 0.3 is 5.97 Å². The summed E-state index contributed by atoms with van der Waals surface area (Å²) in [4.78, 5) is 45.2. The highest BCUT2D eigenvalue weighted by Crippen LogP contribution is 2.67. The zero-order valence-corrected chi connectivity index (χ0v) is 23.2. The first-order valence-electron chi connectivity index (χ1n) is 13.2. The Kier molecular flexibility index (Phi) is 8.57. The Morgan fingerprint density at radius 1 is 1.26 bits per heavy atom. The molecule has 1 spiro atoms. The summed E-state index contributed by atoms with van der Waals surface area (Å²) in [6.07, 6.45) is 5.24. The summed E-state index contributed by atoms with van der Waals surface area (Å²) >= 11 is 1.59. The lowest BCUT2D eigenvalue weighted by Crippen LogP contribution is -2.58. The fraction of sp³-hybridized carbons (Fsp3) is 0.552. The molecule has 3 aliphatic heterocycles. The van der Waals surface area contributed by atoms with Gasteiger partial charge in [0.2, 0.25) is 5.91 Å². The lowest BCUT2D eigenvalue weighted by molar-refractivity contribution is -0.154. The van der Waals surface area contributed by atoms with E-state index in [2.05, 4.69) is 13.2 Å². The van der Waals surface area contributed by atoms with Crippen molar-refractivity contribution in [1.82, 2.24) is 4.90 Å². The Bertz CT molecular complexity index is 1080. The molecule has 1 aromatic rings. The van der Waals surface area contributed by atoms with Crippen LogP contribution in [0.5, 0.6) is 5.75 Å². The summed E-state index contributed by atoms with van der Waals surface area (Å²) in [5.41, 5.74) is 0.658. The Labute approximate surface area is 229 Å². The maximum absolute atomic E-state index is 14.5. The lowest BCUT2D eigenvalue weighted by atomic mass is 9.71. The summed E-state index contributed by atoms with van der Waals surface area (Å²) in [6.45, 7) is 11.6. The minimum absolute atomic E-state index is 0.0851. The summed E-state index contributed by atoms with van der Waals surface area (Å²) in [5.74, 6) is -1.59. The molecular weight excluding hydrogens is 504 g/mol. The Balaban J connectivity index is 1.77. The van der Waals surface area contributed by atoms with Crippen molar-refractivity contribution in [3.63, 3.8) is 0 Å². The van der Waals surface area contributed by atoms with Crippen molar-refractivity contribution in [1.29, 1.82) is 0 Å². The molecule has 2 amide bonds. The zero-order chi connectivity index (χ0) is 27.6. The third-order valence-electron chi connectivity index (χ3n) is 8.09. The number of esters is 1. The van der Waals surface area contributed by atoms with Crippen molar-refractivity contribution >= 4 is 35.2 Å². The molecule has 1 N–H and O–H groups in total. The van der Waals surface area contributed by atoms with Gasteiger partial charge in [0.05, 0.1) is 42.9 Å². The van der Waals surface area contributed by atoms with Crippen LogP contribution in [0.3, 0.4) is 0 Å². The van der Waals surface area contributed by atoms with Crippen LogP contribution in [-0.2, 0) is 19.1 Å². The van der Waals surface area contributed by atoms with Crippen LogP contribution in [0.1, 0.15) is 33.1 Å². The van der Waals surface area contributed by atoms with E-state index in [0.717, 1.165) is 6.42 Å². The van der Waals surface area contributed by atoms with Crippen LogP contribution in [0.15, 0.2) is 49.6 Å². The maximum Gasteiger partial charge on any atom is 0.310 e. The number of carbonyl (C=O) groups is 3. The van der Waals surface area contributed by atoms with Gasteiger partial charge in [0.1, 0.15) is 11.8 Å². The number of likely N-dealkylation sites (tertiary alicyclic amines) is 1. The minimum Gasteiger partial charge on any atom is -0.497 e. The fourth-order valence-corrected chi connectivity index (χ4v) is 8.50. The first kappa shape index (κ1) is 28.2. The summed E-state index contributed by atoms with van der Waals surface area (Å²) in [5, 5.41) is 10.3. The fourth-order valence-electron chi connectivity index (χ4n) is 6.32. The van der Waals surface area contributed by atoms with Crippen LogP contribution in [0.25, 0.3) is 0 Å². The number of thioether (sulfide) groups is 1. The highest BCUT2D eigenvalue weighted by atomic mass is 32.2. The molecule has 0 saturated carbocycles. The number of benzene rings is 1. The van der Waals surface area contributed by atoms with Crippen LogP contribution < -0.4 is 9.64 Å². The number of anilines is 1. The topological polar surface area (TPSA) is 96.4 Å². The molecule has 8 nitrogen and oxygen atoms in total. The molecule has 2 bridgehead atoms. The SMILES string of the molecule is C=CCCOC(=O)[C@@H]1[C@H]2C(=O)N([C@@H](CO)C(C)C)C(C(=O)N(CC=C)c3ccc(OC)cc3)C23CC[C@H]1S3. The van der Waals surface area contributed by atoms with E-state index in [4.69, 9.17) is 9.47 Å². The normalized spacial score (nSPS) is 28.2. The second kappa shape index (κ2) is 11.5. The first-order chi connectivity index (χ1) is 18.2. The van der Waals surface area contributed by atoms with E-state index in [1.54, 1.807) is 53.0 Å². The van der Waals surface area contributed by atoms with Gasteiger partial charge in [0.15, 0.2) is 0 Å². The highest BCUT2D eigenvalue weighted by Gasteiger charge is 2.75. The molecule has 4 rings (SSSR count). The number of amides is 2. The van der Waals surface area contributed by atoms with Gasteiger partial charge < -0.3 is 24.4 Å². The number of methoxy groups -OCH3 is 1. The van der Waals surface area contributed by atoms with Gasteiger partial charge in [-0.15, -0.1) is 24.9 Å². The highest BCUT2D eigenvalue weighted by molar-refractivity contribution is 8.02. The molecule has 0 radical (unpaired) electrons. The predicted octanol–water partition coefficient (Wildman–Crippen LogP) is 3.44. The molecule has 1 aromatic carbocycles. The van der Waals surface area contributed by atoms with Crippen molar-refractivity contribution in [3.8, 4) is 5.75 Å². The molecule has 3 fully saturated rings. The smallest absolute Gasteiger partial charge is 0.310 e. The Morgan fingerprint density at radius 2 is 1.97 bits per heavy atom. The second-order valence-corrected chi connectivity index (χ2v) is 12.1. The third kappa shape index (κ3) is 4.64. The summed E-state index contributed by atoms with van der Waals surface area (Å²) in [7, 11) is 1.58. The molecule has 3 aliphatic rings. The van der Waals surface area contributed by atoms with Crippen LogP contribution in [0, 0.1) is 17.8 Å². The van der Waals surface area contributed by atoms with Crippen molar-refractivity contribution in [2.45, 2.75) is 55.2 Å². The number of carbonyl (C=O) groups excluding carboxylic acids is 3. The molecule has 0 aliphatic carbocycles. The quantitative estimate of drug-likeness (QED) is 0.246. The molecule has 38 heavy (non-hydrogen) atoms. The van der Waals surface area contributed by atoms with E-state index >= 15 is 0 Å². The zero-order valence-electron chi connectivity index (χ0n) is 22.4. The monoisotopic (exact) mass is 542 g/mol. The molecule has 206 valence electrons. The number of aliphatic hydroxyl groups is 1. The van der Waals surface area contributed by atoms with Crippen LogP contribution in [0.2, 0.25) is 0 Å². The van der Waals surface area contributed by atoms with Gasteiger partial charge in [-0.3, -0.25) is 14.4 Å². The van der Waals surface area contributed by atoms with Gasteiger partial charge in [0.25, 0.3) is 5.91 Å². The van der Waals surface area contributed by atoms with Crippen molar-refractivity contribution in [2.75, 3.05) is 31.8 Å².